The minimum absolute atomic E-state index is 0.303. The maximum absolute atomic E-state index is 11.8. The summed E-state index contributed by atoms with van der Waals surface area (Å²) in [4.78, 5) is 22.0. The van der Waals surface area contributed by atoms with Crippen LogP contribution in [-0.4, -0.2) is 30.1 Å². The van der Waals surface area contributed by atoms with Crippen LogP contribution in [0.4, 0.5) is 16.4 Å². The Kier molecular flexibility index (Phi) is 4.94. The fraction of sp³-hybridized carbons (Fsp3) is 0.214. The van der Waals surface area contributed by atoms with Crippen molar-refractivity contribution in [1.82, 2.24) is 15.3 Å². The number of carbonyl (C=O) groups is 1. The van der Waals surface area contributed by atoms with Gasteiger partial charge >= 0.3 is 6.03 Å². The maximum Gasteiger partial charge on any atom is 0.319 e. The zero-order chi connectivity index (χ0) is 15.2. The van der Waals surface area contributed by atoms with Gasteiger partial charge in [0.25, 0.3) is 0 Å². The van der Waals surface area contributed by atoms with Crippen molar-refractivity contribution in [1.29, 1.82) is 0 Å². The molecule has 0 fully saturated rings. The van der Waals surface area contributed by atoms with Gasteiger partial charge in [-0.15, -0.1) is 0 Å². The quantitative estimate of drug-likeness (QED) is 0.910. The van der Waals surface area contributed by atoms with Crippen LogP contribution in [0.25, 0.3) is 0 Å². The van der Waals surface area contributed by atoms with Crippen molar-refractivity contribution >= 4 is 29.3 Å². The molecule has 0 saturated heterocycles. The summed E-state index contributed by atoms with van der Waals surface area (Å²) in [5, 5.41) is 6.07. The molecule has 110 valence electrons. The average Bonchev–Trinajstić information content (AvgIpc) is 2.48. The molecule has 0 saturated carbocycles. The van der Waals surface area contributed by atoms with Crippen molar-refractivity contribution in [2.24, 2.45) is 0 Å². The van der Waals surface area contributed by atoms with Crippen molar-refractivity contribution in [2.45, 2.75) is 6.54 Å². The average molecular weight is 306 g/mol. The van der Waals surface area contributed by atoms with Crippen LogP contribution in [0.5, 0.6) is 0 Å². The molecule has 1 aromatic carbocycles. The van der Waals surface area contributed by atoms with Crippen LogP contribution in [0.1, 0.15) is 5.69 Å². The summed E-state index contributed by atoms with van der Waals surface area (Å²) in [6, 6.07) is 8.35. The number of halogens is 1. The molecule has 6 nitrogen and oxygen atoms in total. The molecule has 0 unspecified atom stereocenters. The molecule has 0 aliphatic heterocycles. The number of rotatable bonds is 4. The van der Waals surface area contributed by atoms with Crippen molar-refractivity contribution < 1.29 is 4.79 Å². The predicted molar refractivity (Wildman–Crippen MR) is 83.7 cm³/mol. The Labute approximate surface area is 128 Å². The smallest absolute Gasteiger partial charge is 0.319 e. The Bertz CT molecular complexity index is 615. The topological polar surface area (TPSA) is 70.2 Å². The molecule has 0 aliphatic carbocycles. The summed E-state index contributed by atoms with van der Waals surface area (Å²) in [7, 11) is 3.72. The molecule has 1 aromatic heterocycles. The molecular weight excluding hydrogens is 290 g/mol. The Balaban J connectivity index is 1.89. The lowest BCUT2D eigenvalue weighted by molar-refractivity contribution is 0.251. The molecule has 2 N–H and O–H groups in total. The monoisotopic (exact) mass is 305 g/mol. The van der Waals surface area contributed by atoms with Gasteiger partial charge in [-0.1, -0.05) is 11.6 Å². The van der Waals surface area contributed by atoms with Gasteiger partial charge in [-0.3, -0.25) is 0 Å². The number of carbonyl (C=O) groups excluding carboxylic acids is 1. The molecule has 7 heteroatoms. The molecule has 2 rings (SSSR count). The van der Waals surface area contributed by atoms with Gasteiger partial charge in [-0.05, 0) is 30.3 Å². The van der Waals surface area contributed by atoms with E-state index < -0.39 is 0 Å². The minimum Gasteiger partial charge on any atom is -0.347 e. The van der Waals surface area contributed by atoms with E-state index in [0.717, 1.165) is 5.69 Å². The fourth-order valence-electron chi connectivity index (χ4n) is 1.58. The van der Waals surface area contributed by atoms with Gasteiger partial charge < -0.3 is 15.5 Å². The molecule has 1 heterocycles. The van der Waals surface area contributed by atoms with E-state index in [4.69, 9.17) is 11.6 Å². The largest absolute Gasteiger partial charge is 0.347 e. The lowest BCUT2D eigenvalue weighted by Crippen LogP contribution is -2.28. The molecule has 0 aliphatic rings. The third-order valence-corrected chi connectivity index (χ3v) is 2.88. The minimum atomic E-state index is -0.303. The van der Waals surface area contributed by atoms with E-state index in [-0.39, 0.29) is 6.03 Å². The maximum atomic E-state index is 11.8. The Hall–Kier alpha value is -2.34. The number of nitrogens with zero attached hydrogens (tertiary/aromatic N) is 3. The van der Waals surface area contributed by atoms with Crippen molar-refractivity contribution in [3.8, 4) is 0 Å². The van der Waals surface area contributed by atoms with Gasteiger partial charge in [-0.2, -0.15) is 0 Å². The highest BCUT2D eigenvalue weighted by atomic mass is 35.5. The molecular formula is C14H16ClN5O. The van der Waals surface area contributed by atoms with Gasteiger partial charge in [0.15, 0.2) is 0 Å². The summed E-state index contributed by atoms with van der Waals surface area (Å²) >= 11 is 5.78. The SMILES string of the molecule is CN(C)c1nccc(CNC(=O)Nc2ccc(Cl)cc2)n1. The number of hydrogen-bond acceptors (Lipinski definition) is 4. The highest BCUT2D eigenvalue weighted by molar-refractivity contribution is 6.30. The summed E-state index contributed by atoms with van der Waals surface area (Å²) in [5.74, 6) is 0.604. The first-order valence-electron chi connectivity index (χ1n) is 6.34. The second kappa shape index (κ2) is 6.90. The molecule has 21 heavy (non-hydrogen) atoms. The third-order valence-electron chi connectivity index (χ3n) is 2.63. The summed E-state index contributed by atoms with van der Waals surface area (Å²) in [5.41, 5.74) is 1.41. The van der Waals surface area contributed by atoms with Gasteiger partial charge in [0.05, 0.1) is 12.2 Å². The van der Waals surface area contributed by atoms with E-state index in [1.165, 1.54) is 0 Å². The van der Waals surface area contributed by atoms with Crippen LogP contribution < -0.4 is 15.5 Å². The number of nitrogens with one attached hydrogen (secondary N) is 2. The normalized spacial score (nSPS) is 10.0. The number of urea groups is 1. The van der Waals surface area contributed by atoms with Crippen LogP contribution in [0, 0.1) is 0 Å². The van der Waals surface area contributed by atoms with Crippen LogP contribution >= 0.6 is 11.6 Å². The van der Waals surface area contributed by atoms with Crippen molar-refractivity contribution in [3.63, 3.8) is 0 Å². The lowest BCUT2D eigenvalue weighted by atomic mass is 10.3. The first-order chi connectivity index (χ1) is 10.0. The molecule has 0 radical (unpaired) electrons. The standard InChI is InChI=1S/C14H16ClN5O/c1-20(2)13-16-8-7-12(18-13)9-17-14(21)19-11-5-3-10(15)4-6-11/h3-8H,9H2,1-2H3,(H2,17,19,21). The predicted octanol–water partition coefficient (Wildman–Crippen LogP) is 2.52. The summed E-state index contributed by atoms with van der Waals surface area (Å²) in [6.45, 7) is 0.322. The second-order valence-corrected chi connectivity index (χ2v) is 4.99. The summed E-state index contributed by atoms with van der Waals surface area (Å²) in [6.07, 6.45) is 1.66. The highest BCUT2D eigenvalue weighted by Crippen LogP contribution is 2.13. The first kappa shape index (κ1) is 15.1. The van der Waals surface area contributed by atoms with Crippen molar-refractivity contribution in [2.75, 3.05) is 24.3 Å². The number of aromatic nitrogens is 2. The van der Waals surface area contributed by atoms with Crippen molar-refractivity contribution in [3.05, 3.63) is 47.2 Å². The number of benzene rings is 1. The lowest BCUT2D eigenvalue weighted by Gasteiger charge is -2.11. The Morgan fingerprint density at radius 1 is 1.24 bits per heavy atom. The van der Waals surface area contributed by atoms with Crippen LogP contribution in [0.15, 0.2) is 36.5 Å². The van der Waals surface area contributed by atoms with Crippen LogP contribution in [-0.2, 0) is 6.54 Å². The van der Waals surface area contributed by atoms with E-state index in [9.17, 15) is 4.79 Å². The van der Waals surface area contributed by atoms with E-state index in [2.05, 4.69) is 20.6 Å². The van der Waals surface area contributed by atoms with E-state index in [1.54, 1.807) is 41.4 Å². The second-order valence-electron chi connectivity index (χ2n) is 4.56. The fourth-order valence-corrected chi connectivity index (χ4v) is 1.70. The van der Waals surface area contributed by atoms with Crippen LogP contribution in [0.3, 0.4) is 0 Å². The van der Waals surface area contributed by atoms with Gasteiger partial charge in [-0.25, -0.2) is 14.8 Å². The van der Waals surface area contributed by atoms with Crippen LogP contribution in [0.2, 0.25) is 5.02 Å². The zero-order valence-corrected chi connectivity index (χ0v) is 12.6. The number of hydrogen-bond donors (Lipinski definition) is 2. The highest BCUT2D eigenvalue weighted by Gasteiger charge is 2.04. The van der Waals surface area contributed by atoms with Gasteiger partial charge in [0.2, 0.25) is 5.95 Å². The number of amides is 2. The zero-order valence-electron chi connectivity index (χ0n) is 11.8. The first-order valence-corrected chi connectivity index (χ1v) is 6.72. The molecule has 2 aromatic rings. The molecule has 2 amide bonds. The van der Waals surface area contributed by atoms with Gasteiger partial charge in [0.1, 0.15) is 0 Å². The molecule has 0 spiro atoms. The Morgan fingerprint density at radius 3 is 2.62 bits per heavy atom. The Morgan fingerprint density at radius 2 is 1.95 bits per heavy atom. The third kappa shape index (κ3) is 4.61. The molecule has 0 bridgehead atoms. The van der Waals surface area contributed by atoms with E-state index >= 15 is 0 Å². The van der Waals surface area contributed by atoms with E-state index in [1.807, 2.05) is 14.1 Å². The van der Waals surface area contributed by atoms with Gasteiger partial charge in [0, 0.05) is 31.0 Å². The number of anilines is 2. The van der Waals surface area contributed by atoms with E-state index in [0.29, 0.717) is 23.2 Å². The molecule has 0 atom stereocenters. The summed E-state index contributed by atoms with van der Waals surface area (Å²) < 4.78 is 0.